The van der Waals surface area contributed by atoms with E-state index in [4.69, 9.17) is 17.3 Å². The maximum absolute atomic E-state index is 6.17. The van der Waals surface area contributed by atoms with Gasteiger partial charge >= 0.3 is 0 Å². The number of hydrogen-bond acceptors (Lipinski definition) is 2. The largest absolute Gasteiger partial charge is 0.336 e. The first-order chi connectivity index (χ1) is 8.08. The van der Waals surface area contributed by atoms with Gasteiger partial charge in [-0.1, -0.05) is 33.6 Å². The lowest BCUT2D eigenvalue weighted by molar-refractivity contribution is 0.656. The molecule has 0 bridgehead atoms. The van der Waals surface area contributed by atoms with Crippen molar-refractivity contribution in [1.82, 2.24) is 9.55 Å². The maximum Gasteiger partial charge on any atom is 0.0946 e. The minimum atomic E-state index is -0.0961. The number of hydrogen-bond donors (Lipinski definition) is 1. The molecule has 1 atom stereocenters. The summed E-state index contributed by atoms with van der Waals surface area (Å²) in [6, 6.07) is 5.74. The van der Waals surface area contributed by atoms with E-state index in [0.29, 0.717) is 6.42 Å². The summed E-state index contributed by atoms with van der Waals surface area (Å²) < 4.78 is 2.90. The predicted molar refractivity (Wildman–Crippen MR) is 73.0 cm³/mol. The van der Waals surface area contributed by atoms with Crippen molar-refractivity contribution in [3.63, 3.8) is 0 Å². The molecule has 1 aromatic carbocycles. The Hall–Kier alpha value is -0.840. The van der Waals surface area contributed by atoms with E-state index in [1.807, 2.05) is 29.8 Å². The topological polar surface area (TPSA) is 43.8 Å². The fourth-order valence-electron chi connectivity index (χ4n) is 1.75. The molecule has 5 heteroatoms. The average molecular weight is 315 g/mol. The average Bonchev–Trinajstić information content (AvgIpc) is 2.68. The lowest BCUT2D eigenvalue weighted by Gasteiger charge is -2.13. The van der Waals surface area contributed by atoms with Gasteiger partial charge in [0.15, 0.2) is 0 Å². The van der Waals surface area contributed by atoms with Crippen LogP contribution in [-0.2, 0) is 13.5 Å². The van der Waals surface area contributed by atoms with Crippen LogP contribution in [0.5, 0.6) is 0 Å². The Morgan fingerprint density at radius 2 is 2.29 bits per heavy atom. The zero-order valence-electron chi connectivity index (χ0n) is 9.40. The molecular formula is C12H13BrClN3. The second-order valence-corrected chi connectivity index (χ2v) is 5.30. The van der Waals surface area contributed by atoms with Crippen molar-refractivity contribution < 1.29 is 0 Å². The summed E-state index contributed by atoms with van der Waals surface area (Å²) in [6.07, 6.45) is 4.24. The Morgan fingerprint density at radius 1 is 1.53 bits per heavy atom. The molecule has 0 aliphatic carbocycles. The molecule has 0 saturated carbocycles. The van der Waals surface area contributed by atoms with Crippen LogP contribution >= 0.6 is 27.5 Å². The van der Waals surface area contributed by atoms with Gasteiger partial charge in [-0.3, -0.25) is 0 Å². The van der Waals surface area contributed by atoms with Crippen molar-refractivity contribution in [2.24, 2.45) is 12.8 Å². The molecule has 0 radical (unpaired) electrons. The quantitative estimate of drug-likeness (QED) is 0.946. The van der Waals surface area contributed by atoms with Gasteiger partial charge in [-0.25, -0.2) is 4.98 Å². The van der Waals surface area contributed by atoms with Gasteiger partial charge in [0.2, 0.25) is 0 Å². The van der Waals surface area contributed by atoms with E-state index in [2.05, 4.69) is 20.9 Å². The van der Waals surface area contributed by atoms with Gasteiger partial charge in [0.25, 0.3) is 0 Å². The number of aryl methyl sites for hydroxylation is 1. The Kier molecular flexibility index (Phi) is 3.86. The third-order valence-corrected chi connectivity index (χ3v) is 3.53. The molecule has 17 heavy (non-hydrogen) atoms. The standard InChI is InChI=1S/C12H13BrClN3/c1-17-7-16-6-12(17)11(15)4-8-2-3-9(13)5-10(8)14/h2-3,5-7,11H,4,15H2,1H3. The van der Waals surface area contributed by atoms with Gasteiger partial charge in [-0.2, -0.15) is 0 Å². The van der Waals surface area contributed by atoms with Crippen molar-refractivity contribution in [3.05, 3.63) is 51.5 Å². The second-order valence-electron chi connectivity index (χ2n) is 3.98. The van der Waals surface area contributed by atoms with Crippen molar-refractivity contribution >= 4 is 27.5 Å². The Labute approximate surface area is 114 Å². The molecule has 0 aliphatic heterocycles. The number of rotatable bonds is 3. The first kappa shape index (κ1) is 12.6. The fourth-order valence-corrected chi connectivity index (χ4v) is 2.50. The molecule has 0 fully saturated rings. The summed E-state index contributed by atoms with van der Waals surface area (Å²) >= 11 is 9.55. The second kappa shape index (κ2) is 5.21. The van der Waals surface area contributed by atoms with Gasteiger partial charge in [-0.15, -0.1) is 0 Å². The van der Waals surface area contributed by atoms with Gasteiger partial charge in [0, 0.05) is 22.7 Å². The van der Waals surface area contributed by atoms with Gasteiger partial charge in [-0.05, 0) is 24.1 Å². The highest BCUT2D eigenvalue weighted by Gasteiger charge is 2.12. The van der Waals surface area contributed by atoms with Crippen LogP contribution in [0.15, 0.2) is 35.2 Å². The third-order valence-electron chi connectivity index (χ3n) is 2.69. The zero-order valence-corrected chi connectivity index (χ0v) is 11.7. The minimum Gasteiger partial charge on any atom is -0.336 e. The van der Waals surface area contributed by atoms with E-state index in [-0.39, 0.29) is 6.04 Å². The summed E-state index contributed by atoms with van der Waals surface area (Å²) in [5, 5.41) is 0.733. The number of nitrogens with two attached hydrogens (primary N) is 1. The molecule has 0 aliphatic rings. The summed E-state index contributed by atoms with van der Waals surface area (Å²) in [6.45, 7) is 0. The van der Waals surface area contributed by atoms with E-state index in [0.717, 1.165) is 20.8 Å². The number of nitrogens with zero attached hydrogens (tertiary/aromatic N) is 2. The first-order valence-corrected chi connectivity index (χ1v) is 6.40. The fraction of sp³-hybridized carbons (Fsp3) is 0.250. The molecule has 1 unspecified atom stereocenters. The molecular weight excluding hydrogens is 302 g/mol. The molecule has 0 saturated heterocycles. The van der Waals surface area contributed by atoms with E-state index in [1.165, 1.54) is 0 Å². The van der Waals surface area contributed by atoms with Crippen LogP contribution in [0.3, 0.4) is 0 Å². The highest BCUT2D eigenvalue weighted by atomic mass is 79.9. The predicted octanol–water partition coefficient (Wildman–Crippen LogP) is 3.08. The van der Waals surface area contributed by atoms with Crippen LogP contribution in [0.25, 0.3) is 0 Å². The molecule has 0 amide bonds. The van der Waals surface area contributed by atoms with Crippen molar-refractivity contribution in [1.29, 1.82) is 0 Å². The summed E-state index contributed by atoms with van der Waals surface area (Å²) in [5.74, 6) is 0. The zero-order chi connectivity index (χ0) is 12.4. The van der Waals surface area contributed by atoms with Gasteiger partial charge < -0.3 is 10.3 Å². The van der Waals surface area contributed by atoms with Crippen LogP contribution in [-0.4, -0.2) is 9.55 Å². The highest BCUT2D eigenvalue weighted by Crippen LogP contribution is 2.25. The summed E-state index contributed by atoms with van der Waals surface area (Å²) in [4.78, 5) is 4.06. The van der Waals surface area contributed by atoms with Crippen molar-refractivity contribution in [3.8, 4) is 0 Å². The molecule has 1 heterocycles. The van der Waals surface area contributed by atoms with E-state index < -0.39 is 0 Å². The van der Waals surface area contributed by atoms with Crippen LogP contribution < -0.4 is 5.73 Å². The molecule has 2 rings (SSSR count). The number of benzene rings is 1. The lowest BCUT2D eigenvalue weighted by Crippen LogP contribution is -2.16. The smallest absolute Gasteiger partial charge is 0.0946 e. The maximum atomic E-state index is 6.17. The van der Waals surface area contributed by atoms with E-state index in [1.54, 1.807) is 12.5 Å². The molecule has 3 nitrogen and oxygen atoms in total. The SMILES string of the molecule is Cn1cncc1C(N)Cc1ccc(Br)cc1Cl. The molecule has 90 valence electrons. The molecule has 2 aromatic rings. The Morgan fingerprint density at radius 3 is 2.88 bits per heavy atom. The molecule has 0 spiro atoms. The molecule has 1 aromatic heterocycles. The third kappa shape index (κ3) is 2.89. The Bertz CT molecular complexity index is 524. The van der Waals surface area contributed by atoms with Gasteiger partial charge in [0.05, 0.1) is 18.1 Å². The highest BCUT2D eigenvalue weighted by molar-refractivity contribution is 9.10. The normalized spacial score (nSPS) is 12.7. The number of halogens is 2. The van der Waals surface area contributed by atoms with Crippen molar-refractivity contribution in [2.75, 3.05) is 0 Å². The lowest BCUT2D eigenvalue weighted by atomic mass is 10.0. The van der Waals surface area contributed by atoms with E-state index in [9.17, 15) is 0 Å². The number of aromatic nitrogens is 2. The molecule has 2 N–H and O–H groups in total. The van der Waals surface area contributed by atoms with Crippen LogP contribution in [0.2, 0.25) is 5.02 Å². The first-order valence-electron chi connectivity index (χ1n) is 5.23. The minimum absolute atomic E-state index is 0.0961. The monoisotopic (exact) mass is 313 g/mol. The van der Waals surface area contributed by atoms with Crippen LogP contribution in [0.1, 0.15) is 17.3 Å². The van der Waals surface area contributed by atoms with Crippen LogP contribution in [0.4, 0.5) is 0 Å². The Balaban J connectivity index is 2.19. The summed E-state index contributed by atoms with van der Waals surface area (Å²) in [7, 11) is 1.94. The van der Waals surface area contributed by atoms with Gasteiger partial charge in [0.1, 0.15) is 0 Å². The van der Waals surface area contributed by atoms with Crippen LogP contribution in [0, 0.1) is 0 Å². The number of imidazole rings is 1. The summed E-state index contributed by atoms with van der Waals surface area (Å²) in [5.41, 5.74) is 8.20. The van der Waals surface area contributed by atoms with E-state index >= 15 is 0 Å². The van der Waals surface area contributed by atoms with Crippen molar-refractivity contribution in [2.45, 2.75) is 12.5 Å².